The molecule has 0 unspecified atom stereocenters. The van der Waals surface area contributed by atoms with Gasteiger partial charge in [0.25, 0.3) is 0 Å². The second-order valence-electron chi connectivity index (χ2n) is 0.824. The number of halogens is 5. The molecule has 0 bridgehead atoms. The molecule has 0 aromatic rings. The fourth-order valence-corrected chi connectivity index (χ4v) is 0.101. The molecular weight excluding hydrogens is 135 g/mol. The molecule has 0 radical (unpaired) electrons. The van der Waals surface area contributed by atoms with Crippen LogP contribution >= 0.6 is 0 Å². The minimum Gasteiger partial charge on any atom is -0.228 e. The summed E-state index contributed by atoms with van der Waals surface area (Å²) in [7, 11) is 0. The van der Waals surface area contributed by atoms with E-state index in [0.29, 0.717) is 0 Å². The Morgan fingerprint density at radius 3 is 1.50 bits per heavy atom. The van der Waals surface area contributed by atoms with E-state index in [1.54, 1.807) is 0 Å². The first-order chi connectivity index (χ1) is 3.42. The van der Waals surface area contributed by atoms with Crippen LogP contribution in [0.15, 0.2) is 0 Å². The highest BCUT2D eigenvalue weighted by Crippen LogP contribution is 2.19. The molecular formula is C2HF5O. The van der Waals surface area contributed by atoms with Gasteiger partial charge in [0.1, 0.15) is 0 Å². The van der Waals surface area contributed by atoms with Crippen LogP contribution in [0.2, 0.25) is 0 Å². The van der Waals surface area contributed by atoms with Crippen LogP contribution < -0.4 is 0 Å². The molecule has 8 heavy (non-hydrogen) atoms. The Morgan fingerprint density at radius 2 is 1.50 bits per heavy atom. The van der Waals surface area contributed by atoms with Crippen LogP contribution in [-0.2, 0) is 4.74 Å². The minimum absolute atomic E-state index is 2.10. The predicted octanol–water partition coefficient (Wildman–Crippen LogP) is 1.75. The van der Waals surface area contributed by atoms with Crippen LogP contribution in [0.1, 0.15) is 0 Å². The van der Waals surface area contributed by atoms with Crippen molar-refractivity contribution in [2.24, 2.45) is 0 Å². The fourth-order valence-electron chi connectivity index (χ4n) is 0.101. The van der Waals surface area contributed by atoms with Crippen molar-refractivity contribution in [3.63, 3.8) is 0 Å². The quantitative estimate of drug-likeness (QED) is 0.499. The summed E-state index contributed by atoms with van der Waals surface area (Å²) >= 11 is 0. The second-order valence-corrected chi connectivity index (χ2v) is 0.824. The zero-order valence-corrected chi connectivity index (χ0v) is 3.38. The molecule has 0 heterocycles. The molecule has 0 saturated carbocycles. The van der Waals surface area contributed by atoms with Crippen molar-refractivity contribution in [3.05, 3.63) is 0 Å². The highest BCUT2D eigenvalue weighted by Gasteiger charge is 2.33. The van der Waals surface area contributed by atoms with Gasteiger partial charge in [-0.1, -0.05) is 0 Å². The Hall–Kier alpha value is -0.390. The lowest BCUT2D eigenvalue weighted by Gasteiger charge is -2.03. The molecule has 1 nitrogen and oxygen atoms in total. The van der Waals surface area contributed by atoms with E-state index < -0.39 is 13.0 Å². The number of rotatable bonds is 1. The molecule has 50 valence electrons. The highest BCUT2D eigenvalue weighted by atomic mass is 19.4. The summed E-state index contributed by atoms with van der Waals surface area (Å²) in [5.41, 5.74) is 0. The molecule has 0 amide bonds. The lowest BCUT2D eigenvalue weighted by atomic mass is 11.3. The molecule has 0 aliphatic heterocycles. The standard InChI is InChI=1S/C2HF5O/c3-1(4)8-2(5,6)7/h1H. The van der Waals surface area contributed by atoms with E-state index >= 15 is 0 Å². The van der Waals surface area contributed by atoms with Gasteiger partial charge >= 0.3 is 13.0 Å². The molecule has 0 spiro atoms. The monoisotopic (exact) mass is 136 g/mol. The smallest absolute Gasteiger partial charge is 0.228 e. The Balaban J connectivity index is 3.39. The van der Waals surface area contributed by atoms with Gasteiger partial charge in [-0.2, -0.15) is 8.78 Å². The maximum Gasteiger partial charge on any atom is 0.526 e. The lowest BCUT2D eigenvalue weighted by molar-refractivity contribution is -0.382. The first-order valence-electron chi connectivity index (χ1n) is 1.44. The third-order valence-corrected chi connectivity index (χ3v) is 0.223. The van der Waals surface area contributed by atoms with E-state index in [2.05, 4.69) is 4.74 Å². The summed E-state index contributed by atoms with van der Waals surface area (Å²) in [5.74, 6) is 0. The summed E-state index contributed by atoms with van der Waals surface area (Å²) in [5, 5.41) is 0. The maximum absolute atomic E-state index is 10.6. The first-order valence-corrected chi connectivity index (χ1v) is 1.44. The largest absolute Gasteiger partial charge is 0.526 e. The van der Waals surface area contributed by atoms with E-state index in [9.17, 15) is 22.0 Å². The van der Waals surface area contributed by atoms with Crippen LogP contribution in [0, 0.1) is 0 Å². The van der Waals surface area contributed by atoms with Crippen LogP contribution in [0.25, 0.3) is 0 Å². The average molecular weight is 136 g/mol. The fraction of sp³-hybridized carbons (Fsp3) is 1.00. The second kappa shape index (κ2) is 2.25. The number of alkyl halides is 5. The van der Waals surface area contributed by atoms with Gasteiger partial charge in [-0.25, -0.2) is 4.74 Å². The van der Waals surface area contributed by atoms with E-state index in [-0.39, 0.29) is 0 Å². The molecule has 0 aromatic carbocycles. The van der Waals surface area contributed by atoms with Crippen LogP contribution in [-0.4, -0.2) is 13.0 Å². The average Bonchev–Trinajstić information content (AvgIpc) is 1.21. The van der Waals surface area contributed by atoms with Crippen molar-refractivity contribution in [2.75, 3.05) is 0 Å². The molecule has 0 saturated heterocycles. The summed E-state index contributed by atoms with van der Waals surface area (Å²) in [6, 6.07) is 0. The molecule has 0 fully saturated rings. The van der Waals surface area contributed by atoms with E-state index in [1.807, 2.05) is 0 Å². The van der Waals surface area contributed by atoms with Gasteiger partial charge < -0.3 is 0 Å². The predicted molar refractivity (Wildman–Crippen MR) is 13.1 cm³/mol. The molecule has 0 rings (SSSR count). The van der Waals surface area contributed by atoms with Crippen molar-refractivity contribution in [2.45, 2.75) is 13.0 Å². The van der Waals surface area contributed by atoms with Gasteiger partial charge in [-0.05, 0) is 0 Å². The third-order valence-electron chi connectivity index (χ3n) is 0.223. The van der Waals surface area contributed by atoms with Crippen molar-refractivity contribution in [1.29, 1.82) is 0 Å². The van der Waals surface area contributed by atoms with Gasteiger partial charge in [-0.3, -0.25) is 0 Å². The van der Waals surface area contributed by atoms with Crippen molar-refractivity contribution >= 4 is 0 Å². The molecule has 0 aromatic heterocycles. The van der Waals surface area contributed by atoms with Crippen LogP contribution in [0.3, 0.4) is 0 Å². The van der Waals surface area contributed by atoms with Crippen molar-refractivity contribution in [1.82, 2.24) is 0 Å². The Labute approximate surface area is 41.0 Å². The van der Waals surface area contributed by atoms with Gasteiger partial charge in [-0.15, -0.1) is 13.2 Å². The highest BCUT2D eigenvalue weighted by molar-refractivity contribution is 4.22. The zero-order valence-electron chi connectivity index (χ0n) is 3.38. The molecule has 0 atom stereocenters. The number of ether oxygens (including phenoxy) is 1. The lowest BCUT2D eigenvalue weighted by Crippen LogP contribution is -2.16. The van der Waals surface area contributed by atoms with Gasteiger partial charge in [0.2, 0.25) is 0 Å². The summed E-state index contributed by atoms with van der Waals surface area (Å²) in [4.78, 5) is 0. The van der Waals surface area contributed by atoms with E-state index in [1.165, 1.54) is 0 Å². The summed E-state index contributed by atoms with van der Waals surface area (Å²) < 4.78 is 55.1. The van der Waals surface area contributed by atoms with Crippen LogP contribution in [0.5, 0.6) is 0 Å². The molecule has 0 aliphatic rings. The normalized spacial score (nSPS) is 12.8. The Morgan fingerprint density at radius 1 is 1.12 bits per heavy atom. The van der Waals surface area contributed by atoms with Crippen molar-refractivity contribution < 1.29 is 26.7 Å². The third kappa shape index (κ3) is 5.61. The molecule has 6 heteroatoms. The maximum atomic E-state index is 10.6. The van der Waals surface area contributed by atoms with Crippen LogP contribution in [0.4, 0.5) is 22.0 Å². The van der Waals surface area contributed by atoms with E-state index in [0.717, 1.165) is 0 Å². The number of hydrogen-bond donors (Lipinski definition) is 0. The molecule has 0 aliphatic carbocycles. The summed E-state index contributed by atoms with van der Waals surface area (Å²) in [6.07, 6.45) is -5.23. The SMILES string of the molecule is FC(F)OC(F)(F)F. The van der Waals surface area contributed by atoms with E-state index in [4.69, 9.17) is 0 Å². The first kappa shape index (κ1) is 7.61. The summed E-state index contributed by atoms with van der Waals surface area (Å²) in [6.45, 7) is -3.78. The van der Waals surface area contributed by atoms with Gasteiger partial charge in [0, 0.05) is 0 Å². The Bertz CT molecular complexity index is 65.3. The van der Waals surface area contributed by atoms with Crippen molar-refractivity contribution in [3.8, 4) is 0 Å². The number of hydrogen-bond acceptors (Lipinski definition) is 1. The Kier molecular flexibility index (Phi) is 2.14. The van der Waals surface area contributed by atoms with Gasteiger partial charge in [0.05, 0.1) is 0 Å². The topological polar surface area (TPSA) is 9.23 Å². The minimum atomic E-state index is -5.23. The molecule has 0 N–H and O–H groups in total. The van der Waals surface area contributed by atoms with Gasteiger partial charge in [0.15, 0.2) is 0 Å². The zero-order chi connectivity index (χ0) is 6.78.